The SMILES string of the molecule is Cc1cc(C(=O)N2CCSCC2)ccc1NC(=O)C[C@@H]1CCC[C@H]1N. The molecule has 3 N–H and O–H groups in total. The maximum Gasteiger partial charge on any atom is 0.253 e. The van der Waals surface area contributed by atoms with Crippen LogP contribution in [0.25, 0.3) is 0 Å². The lowest BCUT2D eigenvalue weighted by atomic mass is 9.99. The predicted octanol–water partition coefficient (Wildman–Crippen LogP) is 2.64. The van der Waals surface area contributed by atoms with Gasteiger partial charge in [-0.25, -0.2) is 0 Å². The smallest absolute Gasteiger partial charge is 0.253 e. The highest BCUT2D eigenvalue weighted by atomic mass is 32.2. The first-order valence-corrected chi connectivity index (χ1v) is 10.2. The highest BCUT2D eigenvalue weighted by Crippen LogP contribution is 2.27. The Hall–Kier alpha value is -1.53. The van der Waals surface area contributed by atoms with E-state index in [9.17, 15) is 9.59 Å². The van der Waals surface area contributed by atoms with Gasteiger partial charge in [-0.2, -0.15) is 11.8 Å². The van der Waals surface area contributed by atoms with Crippen molar-refractivity contribution < 1.29 is 9.59 Å². The summed E-state index contributed by atoms with van der Waals surface area (Å²) in [6.45, 7) is 3.55. The molecule has 25 heavy (non-hydrogen) atoms. The zero-order chi connectivity index (χ0) is 17.8. The monoisotopic (exact) mass is 361 g/mol. The van der Waals surface area contributed by atoms with Gasteiger partial charge in [-0.3, -0.25) is 9.59 Å². The molecule has 1 saturated heterocycles. The van der Waals surface area contributed by atoms with E-state index >= 15 is 0 Å². The second kappa shape index (κ2) is 8.23. The van der Waals surface area contributed by atoms with Crippen molar-refractivity contribution in [3.63, 3.8) is 0 Å². The molecule has 1 aliphatic carbocycles. The number of carbonyl (C=O) groups excluding carboxylic acids is 2. The molecular weight excluding hydrogens is 334 g/mol. The van der Waals surface area contributed by atoms with E-state index in [1.54, 1.807) is 0 Å². The van der Waals surface area contributed by atoms with E-state index in [0.717, 1.165) is 55.1 Å². The third kappa shape index (κ3) is 4.55. The molecule has 0 aromatic heterocycles. The number of anilines is 1. The Kier molecular flexibility index (Phi) is 6.02. The molecule has 0 bridgehead atoms. The number of aryl methyl sites for hydroxylation is 1. The molecule has 1 heterocycles. The Morgan fingerprint density at radius 3 is 2.68 bits per heavy atom. The summed E-state index contributed by atoms with van der Waals surface area (Å²) >= 11 is 1.89. The van der Waals surface area contributed by atoms with E-state index in [4.69, 9.17) is 5.73 Å². The molecular formula is C19H27N3O2S. The van der Waals surface area contributed by atoms with Crippen molar-refractivity contribution in [3.05, 3.63) is 29.3 Å². The van der Waals surface area contributed by atoms with Gasteiger partial charge in [-0.05, 0) is 49.4 Å². The normalized spacial score (nSPS) is 23.5. The largest absolute Gasteiger partial charge is 0.337 e. The van der Waals surface area contributed by atoms with Crippen LogP contribution in [0.15, 0.2) is 18.2 Å². The summed E-state index contributed by atoms with van der Waals surface area (Å²) in [6.07, 6.45) is 3.65. The van der Waals surface area contributed by atoms with E-state index < -0.39 is 0 Å². The van der Waals surface area contributed by atoms with Crippen molar-refractivity contribution in [2.24, 2.45) is 11.7 Å². The molecule has 136 valence electrons. The third-order valence-electron chi connectivity index (χ3n) is 5.21. The van der Waals surface area contributed by atoms with Crippen LogP contribution in [0.2, 0.25) is 0 Å². The van der Waals surface area contributed by atoms with Crippen molar-refractivity contribution >= 4 is 29.3 Å². The Bertz CT molecular complexity index is 644. The van der Waals surface area contributed by atoms with E-state index in [1.807, 2.05) is 41.8 Å². The molecule has 1 aromatic carbocycles. The average Bonchev–Trinajstić information content (AvgIpc) is 3.01. The summed E-state index contributed by atoms with van der Waals surface area (Å²) in [5.41, 5.74) is 8.44. The standard InChI is InChI=1S/C19H27N3O2S/c1-13-11-15(19(24)22-7-9-25-10-8-22)5-6-17(13)21-18(23)12-14-3-2-4-16(14)20/h5-6,11,14,16H,2-4,7-10,12,20H2,1H3,(H,21,23)/t14-,16+/m0/s1. The second-order valence-electron chi connectivity index (χ2n) is 7.04. The fourth-order valence-electron chi connectivity index (χ4n) is 3.64. The summed E-state index contributed by atoms with van der Waals surface area (Å²) in [5.74, 6) is 2.39. The fraction of sp³-hybridized carbons (Fsp3) is 0.579. The summed E-state index contributed by atoms with van der Waals surface area (Å²) < 4.78 is 0. The molecule has 5 nitrogen and oxygen atoms in total. The molecule has 6 heteroatoms. The molecule has 0 spiro atoms. The lowest BCUT2D eigenvalue weighted by Gasteiger charge is -2.26. The molecule has 1 saturated carbocycles. The number of benzene rings is 1. The zero-order valence-corrected chi connectivity index (χ0v) is 15.6. The number of nitrogens with one attached hydrogen (secondary N) is 1. The number of thioether (sulfide) groups is 1. The first-order chi connectivity index (χ1) is 12.0. The minimum absolute atomic E-state index is 0.0116. The minimum Gasteiger partial charge on any atom is -0.337 e. The maximum atomic E-state index is 12.6. The zero-order valence-electron chi connectivity index (χ0n) is 14.8. The molecule has 1 aliphatic heterocycles. The molecule has 2 amide bonds. The lowest BCUT2D eigenvalue weighted by Crippen LogP contribution is -2.37. The number of nitrogens with two attached hydrogens (primary N) is 1. The summed E-state index contributed by atoms with van der Waals surface area (Å²) in [6, 6.07) is 5.68. The van der Waals surface area contributed by atoms with Gasteiger partial charge in [0.15, 0.2) is 0 Å². The van der Waals surface area contributed by atoms with Gasteiger partial charge < -0.3 is 16.0 Å². The summed E-state index contributed by atoms with van der Waals surface area (Å²) in [7, 11) is 0. The number of hydrogen-bond acceptors (Lipinski definition) is 4. The summed E-state index contributed by atoms with van der Waals surface area (Å²) in [5, 5.41) is 2.98. The average molecular weight is 362 g/mol. The fourth-order valence-corrected chi connectivity index (χ4v) is 4.55. The maximum absolute atomic E-state index is 12.6. The Morgan fingerprint density at radius 1 is 1.28 bits per heavy atom. The molecule has 2 fully saturated rings. The van der Waals surface area contributed by atoms with Crippen molar-refractivity contribution in [2.45, 2.75) is 38.6 Å². The first kappa shape index (κ1) is 18.3. The van der Waals surface area contributed by atoms with Gasteiger partial charge in [-0.15, -0.1) is 0 Å². The van der Waals surface area contributed by atoms with E-state index in [-0.39, 0.29) is 23.8 Å². The van der Waals surface area contributed by atoms with Crippen LogP contribution in [0.5, 0.6) is 0 Å². The number of hydrogen-bond donors (Lipinski definition) is 2. The molecule has 3 rings (SSSR count). The third-order valence-corrected chi connectivity index (χ3v) is 6.15. The number of rotatable bonds is 4. The van der Waals surface area contributed by atoms with Crippen LogP contribution >= 0.6 is 11.8 Å². The first-order valence-electron chi connectivity index (χ1n) is 9.07. The van der Waals surface area contributed by atoms with Crippen molar-refractivity contribution in [1.82, 2.24) is 4.90 Å². The Labute approximate surface area is 153 Å². The Balaban J connectivity index is 1.61. The van der Waals surface area contributed by atoms with Gasteiger partial charge in [0.2, 0.25) is 5.91 Å². The van der Waals surface area contributed by atoms with Crippen molar-refractivity contribution in [1.29, 1.82) is 0 Å². The lowest BCUT2D eigenvalue weighted by molar-refractivity contribution is -0.117. The highest BCUT2D eigenvalue weighted by Gasteiger charge is 2.26. The molecule has 0 radical (unpaired) electrons. The second-order valence-corrected chi connectivity index (χ2v) is 8.27. The van der Waals surface area contributed by atoms with Crippen LogP contribution in [0, 0.1) is 12.8 Å². The van der Waals surface area contributed by atoms with Crippen molar-refractivity contribution in [3.8, 4) is 0 Å². The van der Waals surface area contributed by atoms with Crippen LogP contribution in [0.3, 0.4) is 0 Å². The van der Waals surface area contributed by atoms with Crippen LogP contribution < -0.4 is 11.1 Å². The predicted molar refractivity (Wildman–Crippen MR) is 103 cm³/mol. The van der Waals surface area contributed by atoms with Crippen LogP contribution in [-0.4, -0.2) is 47.4 Å². The van der Waals surface area contributed by atoms with Crippen LogP contribution in [0.1, 0.15) is 41.6 Å². The van der Waals surface area contributed by atoms with Gasteiger partial charge in [-0.1, -0.05) is 6.42 Å². The molecule has 1 aromatic rings. The molecule has 2 aliphatic rings. The van der Waals surface area contributed by atoms with Crippen LogP contribution in [-0.2, 0) is 4.79 Å². The quantitative estimate of drug-likeness (QED) is 0.864. The number of carbonyl (C=O) groups is 2. The number of nitrogens with zero attached hydrogens (tertiary/aromatic N) is 1. The van der Waals surface area contributed by atoms with Crippen LogP contribution in [0.4, 0.5) is 5.69 Å². The molecule has 0 unspecified atom stereocenters. The molecule has 2 atom stereocenters. The van der Waals surface area contributed by atoms with E-state index in [0.29, 0.717) is 12.0 Å². The Morgan fingerprint density at radius 2 is 2.04 bits per heavy atom. The minimum atomic E-state index is 0.0116. The van der Waals surface area contributed by atoms with Crippen molar-refractivity contribution in [2.75, 3.05) is 29.9 Å². The van der Waals surface area contributed by atoms with Gasteiger partial charge >= 0.3 is 0 Å². The van der Waals surface area contributed by atoms with Gasteiger partial charge in [0.1, 0.15) is 0 Å². The van der Waals surface area contributed by atoms with Gasteiger partial charge in [0.25, 0.3) is 5.91 Å². The van der Waals surface area contributed by atoms with E-state index in [2.05, 4.69) is 5.32 Å². The topological polar surface area (TPSA) is 75.4 Å². The summed E-state index contributed by atoms with van der Waals surface area (Å²) in [4.78, 5) is 26.8. The van der Waals surface area contributed by atoms with E-state index in [1.165, 1.54) is 0 Å². The van der Waals surface area contributed by atoms with Gasteiger partial charge in [0, 0.05) is 48.3 Å². The highest BCUT2D eigenvalue weighted by molar-refractivity contribution is 7.99. The number of amides is 2. The van der Waals surface area contributed by atoms with Gasteiger partial charge in [0.05, 0.1) is 0 Å².